The van der Waals surface area contributed by atoms with E-state index in [0.29, 0.717) is 6.54 Å². The molecule has 3 heterocycles. The van der Waals surface area contributed by atoms with Gasteiger partial charge < -0.3 is 15.0 Å². The lowest BCUT2D eigenvalue weighted by atomic mass is 10.3. The number of aromatic nitrogens is 4. The minimum absolute atomic E-state index is 0.656. The number of aromatic amines is 1. The van der Waals surface area contributed by atoms with Gasteiger partial charge in [0.15, 0.2) is 0 Å². The molecular formula is C18H17N5O. The molecule has 0 bridgehead atoms. The molecule has 120 valence electrons. The fourth-order valence-electron chi connectivity index (χ4n) is 2.57. The molecule has 0 atom stereocenters. The zero-order valence-electron chi connectivity index (χ0n) is 13.2. The number of H-pyrrole nitrogens is 1. The number of hydrogen-bond acceptors (Lipinski definition) is 4. The summed E-state index contributed by atoms with van der Waals surface area (Å²) in [6, 6.07) is 13.8. The van der Waals surface area contributed by atoms with Crippen LogP contribution < -0.4 is 10.1 Å². The number of nitrogens with one attached hydrogen (secondary N) is 2. The van der Waals surface area contributed by atoms with Gasteiger partial charge in [0.1, 0.15) is 17.2 Å². The van der Waals surface area contributed by atoms with Crippen molar-refractivity contribution in [1.29, 1.82) is 0 Å². The lowest BCUT2D eigenvalue weighted by Crippen LogP contribution is -2.00. The molecule has 0 saturated heterocycles. The summed E-state index contributed by atoms with van der Waals surface area (Å²) in [6.45, 7) is 0.656. The monoisotopic (exact) mass is 319 g/mol. The largest absolute Gasteiger partial charge is 0.497 e. The molecule has 0 amide bonds. The molecule has 0 aliphatic rings. The smallest absolute Gasteiger partial charge is 0.139 e. The Morgan fingerprint density at radius 1 is 1.21 bits per heavy atom. The van der Waals surface area contributed by atoms with E-state index in [0.717, 1.165) is 33.9 Å². The summed E-state index contributed by atoms with van der Waals surface area (Å²) in [6.07, 6.45) is 5.73. The second-order valence-corrected chi connectivity index (χ2v) is 5.46. The van der Waals surface area contributed by atoms with Crippen LogP contribution in [0.15, 0.2) is 61.1 Å². The van der Waals surface area contributed by atoms with Crippen LogP contribution in [0.2, 0.25) is 0 Å². The Morgan fingerprint density at radius 2 is 2.17 bits per heavy atom. The van der Waals surface area contributed by atoms with Crippen LogP contribution in [-0.4, -0.2) is 26.9 Å². The Bertz CT molecular complexity index is 972. The highest BCUT2D eigenvalue weighted by Crippen LogP contribution is 2.17. The third-order valence-corrected chi connectivity index (χ3v) is 3.84. The Labute approximate surface area is 139 Å². The molecule has 4 aromatic rings. The molecule has 0 radical (unpaired) electrons. The number of hydrogen-bond donors (Lipinski definition) is 2. The van der Waals surface area contributed by atoms with Crippen molar-refractivity contribution in [2.75, 3.05) is 12.4 Å². The number of nitrogens with zero attached hydrogens (tertiary/aromatic N) is 3. The zero-order valence-corrected chi connectivity index (χ0v) is 13.2. The molecule has 0 spiro atoms. The molecule has 1 aromatic carbocycles. The number of anilines is 1. The van der Waals surface area contributed by atoms with Crippen LogP contribution in [0.1, 0.15) is 5.56 Å². The molecule has 0 aliphatic carbocycles. The van der Waals surface area contributed by atoms with Crippen LogP contribution in [0.5, 0.6) is 5.75 Å². The molecule has 4 rings (SSSR count). The maximum Gasteiger partial charge on any atom is 0.139 e. The van der Waals surface area contributed by atoms with Gasteiger partial charge in [-0.1, -0.05) is 6.07 Å². The van der Waals surface area contributed by atoms with Gasteiger partial charge in [0.2, 0.25) is 0 Å². The SMILES string of the molecule is COc1cccc(-n2cc(CNc3ccc4cc[nH]c4n3)cn2)c1. The van der Waals surface area contributed by atoms with E-state index in [1.165, 1.54) is 0 Å². The van der Waals surface area contributed by atoms with Gasteiger partial charge in [-0.2, -0.15) is 5.10 Å². The van der Waals surface area contributed by atoms with Crippen molar-refractivity contribution < 1.29 is 4.74 Å². The van der Waals surface area contributed by atoms with E-state index in [-0.39, 0.29) is 0 Å². The Kier molecular flexibility index (Phi) is 3.63. The summed E-state index contributed by atoms with van der Waals surface area (Å²) in [5.41, 5.74) is 2.92. The van der Waals surface area contributed by atoms with E-state index in [1.807, 2.05) is 65.7 Å². The standard InChI is InChI=1S/C18H17N5O/c1-24-16-4-2-3-15(9-16)23-12-13(11-21-23)10-20-17-6-5-14-7-8-19-18(14)22-17/h2-9,11-12H,10H2,1H3,(H2,19,20,22). The summed E-state index contributed by atoms with van der Waals surface area (Å²) in [5, 5.41) is 8.83. The molecule has 24 heavy (non-hydrogen) atoms. The van der Waals surface area contributed by atoms with Gasteiger partial charge >= 0.3 is 0 Å². The molecular weight excluding hydrogens is 302 g/mol. The minimum Gasteiger partial charge on any atom is -0.497 e. The predicted octanol–water partition coefficient (Wildman–Crippen LogP) is 3.37. The molecule has 6 heteroatoms. The highest BCUT2D eigenvalue weighted by Gasteiger charge is 2.04. The van der Waals surface area contributed by atoms with Crippen LogP contribution in [-0.2, 0) is 6.54 Å². The van der Waals surface area contributed by atoms with Gasteiger partial charge in [0.05, 0.1) is 19.0 Å². The maximum absolute atomic E-state index is 5.25. The van der Waals surface area contributed by atoms with Gasteiger partial charge in [-0.05, 0) is 30.3 Å². The van der Waals surface area contributed by atoms with Gasteiger partial charge in [0, 0.05) is 36.0 Å². The zero-order chi connectivity index (χ0) is 16.4. The van der Waals surface area contributed by atoms with E-state index < -0.39 is 0 Å². The lowest BCUT2D eigenvalue weighted by Gasteiger charge is -2.05. The molecule has 0 saturated carbocycles. The van der Waals surface area contributed by atoms with E-state index in [2.05, 4.69) is 20.4 Å². The van der Waals surface area contributed by atoms with Gasteiger partial charge in [0.25, 0.3) is 0 Å². The van der Waals surface area contributed by atoms with Crippen molar-refractivity contribution in [2.24, 2.45) is 0 Å². The summed E-state index contributed by atoms with van der Waals surface area (Å²) in [5.74, 6) is 1.64. The van der Waals surface area contributed by atoms with E-state index in [1.54, 1.807) is 7.11 Å². The molecule has 0 unspecified atom stereocenters. The summed E-state index contributed by atoms with van der Waals surface area (Å²) in [4.78, 5) is 7.64. The van der Waals surface area contributed by atoms with Crippen molar-refractivity contribution in [1.82, 2.24) is 19.7 Å². The number of fused-ring (bicyclic) bond motifs is 1. The van der Waals surface area contributed by atoms with Gasteiger partial charge in [-0.25, -0.2) is 9.67 Å². The molecule has 0 fully saturated rings. The molecule has 0 aliphatic heterocycles. The highest BCUT2D eigenvalue weighted by molar-refractivity contribution is 5.77. The third kappa shape index (κ3) is 2.81. The third-order valence-electron chi connectivity index (χ3n) is 3.84. The number of methoxy groups -OCH3 is 1. The van der Waals surface area contributed by atoms with Crippen LogP contribution >= 0.6 is 0 Å². The second-order valence-electron chi connectivity index (χ2n) is 5.46. The molecule has 3 aromatic heterocycles. The van der Waals surface area contributed by atoms with Gasteiger partial charge in [-0.3, -0.25) is 0 Å². The van der Waals surface area contributed by atoms with Crippen LogP contribution in [0.25, 0.3) is 16.7 Å². The number of ether oxygens (including phenoxy) is 1. The number of pyridine rings is 1. The van der Waals surface area contributed by atoms with Crippen molar-refractivity contribution in [2.45, 2.75) is 6.54 Å². The Hall–Kier alpha value is -3.28. The average molecular weight is 319 g/mol. The Balaban J connectivity index is 1.48. The lowest BCUT2D eigenvalue weighted by molar-refractivity contribution is 0.414. The van der Waals surface area contributed by atoms with Crippen molar-refractivity contribution in [3.05, 3.63) is 66.6 Å². The first-order chi connectivity index (χ1) is 11.8. The predicted molar refractivity (Wildman–Crippen MR) is 93.5 cm³/mol. The first-order valence-electron chi connectivity index (χ1n) is 7.68. The van der Waals surface area contributed by atoms with Crippen LogP contribution in [0.3, 0.4) is 0 Å². The topological polar surface area (TPSA) is 67.8 Å². The normalized spacial score (nSPS) is 10.9. The fraction of sp³-hybridized carbons (Fsp3) is 0.111. The fourth-order valence-corrected chi connectivity index (χ4v) is 2.57. The van der Waals surface area contributed by atoms with E-state index in [9.17, 15) is 0 Å². The van der Waals surface area contributed by atoms with Crippen LogP contribution in [0, 0.1) is 0 Å². The van der Waals surface area contributed by atoms with E-state index >= 15 is 0 Å². The maximum atomic E-state index is 5.25. The summed E-state index contributed by atoms with van der Waals surface area (Å²) >= 11 is 0. The number of rotatable bonds is 5. The summed E-state index contributed by atoms with van der Waals surface area (Å²) < 4.78 is 7.09. The Morgan fingerprint density at radius 3 is 3.08 bits per heavy atom. The average Bonchev–Trinajstić information content (AvgIpc) is 3.28. The van der Waals surface area contributed by atoms with Crippen LogP contribution in [0.4, 0.5) is 5.82 Å². The minimum atomic E-state index is 0.656. The quantitative estimate of drug-likeness (QED) is 0.592. The molecule has 2 N–H and O–H groups in total. The number of benzene rings is 1. The first kappa shape index (κ1) is 14.3. The van der Waals surface area contributed by atoms with Crippen molar-refractivity contribution in [3.63, 3.8) is 0 Å². The van der Waals surface area contributed by atoms with Crippen molar-refractivity contribution in [3.8, 4) is 11.4 Å². The first-order valence-corrected chi connectivity index (χ1v) is 7.68. The second kappa shape index (κ2) is 6.08. The highest BCUT2D eigenvalue weighted by atomic mass is 16.5. The molecule has 6 nitrogen and oxygen atoms in total. The van der Waals surface area contributed by atoms with E-state index in [4.69, 9.17) is 4.74 Å². The van der Waals surface area contributed by atoms with Crippen molar-refractivity contribution >= 4 is 16.9 Å². The van der Waals surface area contributed by atoms with Gasteiger partial charge in [-0.15, -0.1) is 0 Å². The summed E-state index contributed by atoms with van der Waals surface area (Å²) in [7, 11) is 1.66.